The zero-order chi connectivity index (χ0) is 17.2. The van der Waals surface area contributed by atoms with E-state index >= 15 is 0 Å². The standard InChI is InChI=1S/C19H19FN2O3/c20-13-4-5-14-15(2-1-7-24-18(14)9-13)21-10-12-3-6-17-16(8-12)22-19(23)11-25-17/h3-6,8-9,15,21H,1-2,7,10-11H2,(H,22,23). The van der Waals surface area contributed by atoms with Gasteiger partial charge < -0.3 is 20.1 Å². The van der Waals surface area contributed by atoms with Crippen LogP contribution in [-0.2, 0) is 11.3 Å². The van der Waals surface area contributed by atoms with Crippen molar-refractivity contribution >= 4 is 11.6 Å². The Kier molecular flexibility index (Phi) is 4.28. The molecule has 0 fully saturated rings. The zero-order valence-electron chi connectivity index (χ0n) is 13.7. The number of hydrogen-bond donors (Lipinski definition) is 2. The first kappa shape index (κ1) is 15.9. The molecule has 0 bridgehead atoms. The molecule has 0 spiro atoms. The second-order valence-corrected chi connectivity index (χ2v) is 6.27. The van der Waals surface area contributed by atoms with Crippen LogP contribution in [0.2, 0.25) is 0 Å². The molecule has 2 N–H and O–H groups in total. The molecule has 2 aliphatic rings. The highest BCUT2D eigenvalue weighted by Crippen LogP contribution is 2.33. The van der Waals surface area contributed by atoms with Gasteiger partial charge in [0.1, 0.15) is 17.3 Å². The van der Waals surface area contributed by atoms with Crippen LogP contribution >= 0.6 is 0 Å². The SMILES string of the molecule is O=C1COc2ccc(CNC3CCCOc4cc(F)ccc43)cc2N1. The van der Waals surface area contributed by atoms with Gasteiger partial charge in [-0.05, 0) is 36.6 Å². The maximum absolute atomic E-state index is 13.5. The quantitative estimate of drug-likeness (QED) is 0.900. The first-order valence-corrected chi connectivity index (χ1v) is 8.40. The molecule has 0 saturated carbocycles. The highest BCUT2D eigenvalue weighted by Gasteiger charge is 2.21. The topological polar surface area (TPSA) is 59.6 Å². The molecule has 2 aromatic rings. The number of benzene rings is 2. The Balaban J connectivity index is 1.50. The van der Waals surface area contributed by atoms with Crippen LogP contribution in [-0.4, -0.2) is 19.1 Å². The van der Waals surface area contributed by atoms with Crippen molar-refractivity contribution in [3.8, 4) is 11.5 Å². The average molecular weight is 342 g/mol. The highest BCUT2D eigenvalue weighted by molar-refractivity contribution is 5.95. The molecule has 6 heteroatoms. The van der Waals surface area contributed by atoms with E-state index in [0.717, 1.165) is 24.0 Å². The van der Waals surface area contributed by atoms with E-state index in [4.69, 9.17) is 9.47 Å². The third-order valence-electron chi connectivity index (χ3n) is 4.48. The molecule has 130 valence electrons. The Bertz CT molecular complexity index is 809. The number of carbonyl (C=O) groups excluding carboxylic acids is 1. The summed E-state index contributed by atoms with van der Waals surface area (Å²) in [6, 6.07) is 10.6. The maximum Gasteiger partial charge on any atom is 0.262 e. The summed E-state index contributed by atoms with van der Waals surface area (Å²) < 4.78 is 24.5. The van der Waals surface area contributed by atoms with E-state index in [9.17, 15) is 9.18 Å². The lowest BCUT2D eigenvalue weighted by atomic mass is 10.0. The summed E-state index contributed by atoms with van der Waals surface area (Å²) in [4.78, 5) is 11.4. The van der Waals surface area contributed by atoms with Crippen molar-refractivity contribution in [2.45, 2.75) is 25.4 Å². The van der Waals surface area contributed by atoms with E-state index in [1.807, 2.05) is 18.2 Å². The molecule has 1 unspecified atom stereocenters. The molecule has 2 heterocycles. The fourth-order valence-corrected chi connectivity index (χ4v) is 3.24. The van der Waals surface area contributed by atoms with Crippen molar-refractivity contribution in [2.75, 3.05) is 18.5 Å². The summed E-state index contributed by atoms with van der Waals surface area (Å²) in [6.07, 6.45) is 1.82. The van der Waals surface area contributed by atoms with Crippen LogP contribution in [0.1, 0.15) is 30.0 Å². The molecule has 0 aliphatic carbocycles. The van der Waals surface area contributed by atoms with Gasteiger partial charge >= 0.3 is 0 Å². The van der Waals surface area contributed by atoms with Crippen molar-refractivity contribution in [2.24, 2.45) is 0 Å². The van der Waals surface area contributed by atoms with Gasteiger partial charge in [-0.15, -0.1) is 0 Å². The first-order chi connectivity index (χ1) is 12.2. The van der Waals surface area contributed by atoms with Crippen molar-refractivity contribution in [1.82, 2.24) is 5.32 Å². The fraction of sp³-hybridized carbons (Fsp3) is 0.316. The molecular weight excluding hydrogens is 323 g/mol. The van der Waals surface area contributed by atoms with E-state index in [1.165, 1.54) is 12.1 Å². The van der Waals surface area contributed by atoms with Gasteiger partial charge in [-0.3, -0.25) is 4.79 Å². The third kappa shape index (κ3) is 3.44. The largest absolute Gasteiger partial charge is 0.493 e. The highest BCUT2D eigenvalue weighted by atomic mass is 19.1. The monoisotopic (exact) mass is 342 g/mol. The second-order valence-electron chi connectivity index (χ2n) is 6.27. The number of rotatable bonds is 3. The summed E-state index contributed by atoms with van der Waals surface area (Å²) >= 11 is 0. The molecule has 2 aromatic carbocycles. The van der Waals surface area contributed by atoms with Crippen LogP contribution in [0.3, 0.4) is 0 Å². The van der Waals surface area contributed by atoms with Gasteiger partial charge in [-0.2, -0.15) is 0 Å². The molecular formula is C19H19FN2O3. The summed E-state index contributed by atoms with van der Waals surface area (Å²) in [6.45, 7) is 1.28. The normalized spacial score (nSPS) is 18.9. The third-order valence-corrected chi connectivity index (χ3v) is 4.48. The van der Waals surface area contributed by atoms with E-state index in [1.54, 1.807) is 6.07 Å². The van der Waals surface area contributed by atoms with Gasteiger partial charge in [0.2, 0.25) is 0 Å². The van der Waals surface area contributed by atoms with E-state index < -0.39 is 0 Å². The lowest BCUT2D eigenvalue weighted by molar-refractivity contribution is -0.118. The van der Waals surface area contributed by atoms with E-state index in [-0.39, 0.29) is 24.4 Å². The number of anilines is 1. The first-order valence-electron chi connectivity index (χ1n) is 8.40. The molecule has 0 radical (unpaired) electrons. The molecule has 25 heavy (non-hydrogen) atoms. The molecule has 0 aromatic heterocycles. The molecule has 2 aliphatic heterocycles. The van der Waals surface area contributed by atoms with E-state index in [2.05, 4.69) is 10.6 Å². The van der Waals surface area contributed by atoms with Crippen molar-refractivity contribution in [3.63, 3.8) is 0 Å². The number of halogens is 1. The van der Waals surface area contributed by atoms with Gasteiger partial charge in [0.25, 0.3) is 5.91 Å². The average Bonchev–Trinajstić information content (AvgIpc) is 2.81. The van der Waals surface area contributed by atoms with Gasteiger partial charge in [-0.25, -0.2) is 4.39 Å². The van der Waals surface area contributed by atoms with Crippen LogP contribution < -0.4 is 20.1 Å². The minimum absolute atomic E-state index is 0.0556. The minimum Gasteiger partial charge on any atom is -0.493 e. The second kappa shape index (κ2) is 6.72. The number of nitrogens with one attached hydrogen (secondary N) is 2. The van der Waals surface area contributed by atoms with Crippen molar-refractivity contribution < 1.29 is 18.7 Å². The van der Waals surface area contributed by atoms with E-state index in [0.29, 0.717) is 30.3 Å². The number of hydrogen-bond acceptors (Lipinski definition) is 4. The lowest BCUT2D eigenvalue weighted by Gasteiger charge is -2.21. The molecule has 1 atom stereocenters. The lowest BCUT2D eigenvalue weighted by Crippen LogP contribution is -2.26. The van der Waals surface area contributed by atoms with Crippen LogP contribution in [0, 0.1) is 5.82 Å². The maximum atomic E-state index is 13.5. The smallest absolute Gasteiger partial charge is 0.262 e. The summed E-state index contributed by atoms with van der Waals surface area (Å²) in [5.41, 5.74) is 2.72. The zero-order valence-corrected chi connectivity index (χ0v) is 13.7. The van der Waals surface area contributed by atoms with Crippen molar-refractivity contribution in [3.05, 3.63) is 53.3 Å². The number of amides is 1. The number of fused-ring (bicyclic) bond motifs is 2. The van der Waals surface area contributed by atoms with Crippen LogP contribution in [0.5, 0.6) is 11.5 Å². The van der Waals surface area contributed by atoms with Gasteiger partial charge in [0.15, 0.2) is 6.61 Å². The summed E-state index contributed by atoms with van der Waals surface area (Å²) in [7, 11) is 0. The Morgan fingerprint density at radius 3 is 3.00 bits per heavy atom. The molecule has 4 rings (SSSR count). The summed E-state index contributed by atoms with van der Waals surface area (Å²) in [5.74, 6) is 0.868. The molecule has 0 saturated heterocycles. The fourth-order valence-electron chi connectivity index (χ4n) is 3.24. The molecule has 5 nitrogen and oxygen atoms in total. The molecule has 1 amide bonds. The Labute approximate surface area is 145 Å². The Morgan fingerprint density at radius 1 is 1.16 bits per heavy atom. The Hall–Kier alpha value is -2.60. The number of ether oxygens (including phenoxy) is 2. The predicted octanol–water partition coefficient (Wildman–Crippen LogP) is 3.16. The minimum atomic E-state index is -0.287. The van der Waals surface area contributed by atoms with Gasteiger partial charge in [0.05, 0.1) is 12.3 Å². The van der Waals surface area contributed by atoms with Crippen LogP contribution in [0.25, 0.3) is 0 Å². The predicted molar refractivity (Wildman–Crippen MR) is 91.3 cm³/mol. The van der Waals surface area contributed by atoms with Gasteiger partial charge in [-0.1, -0.05) is 12.1 Å². The summed E-state index contributed by atoms with van der Waals surface area (Å²) in [5, 5.41) is 6.33. The van der Waals surface area contributed by atoms with Crippen LogP contribution in [0.4, 0.5) is 10.1 Å². The van der Waals surface area contributed by atoms with Gasteiger partial charge in [0, 0.05) is 24.2 Å². The van der Waals surface area contributed by atoms with Crippen molar-refractivity contribution in [1.29, 1.82) is 0 Å². The Morgan fingerprint density at radius 2 is 2.08 bits per heavy atom. The van der Waals surface area contributed by atoms with Crippen LogP contribution in [0.15, 0.2) is 36.4 Å². The number of carbonyl (C=O) groups is 1.